The highest BCUT2D eigenvalue weighted by molar-refractivity contribution is 5.33. The van der Waals surface area contributed by atoms with Crippen molar-refractivity contribution < 1.29 is 0 Å². The highest BCUT2D eigenvalue weighted by atomic mass is 15.4. The Bertz CT molecular complexity index is 420. The van der Waals surface area contributed by atoms with Crippen LogP contribution < -0.4 is 5.73 Å². The van der Waals surface area contributed by atoms with Crippen molar-refractivity contribution in [1.29, 1.82) is 0 Å². The molecule has 0 saturated heterocycles. The van der Waals surface area contributed by atoms with Gasteiger partial charge >= 0.3 is 0 Å². The number of aryl methyl sites for hydroxylation is 1. The molecule has 0 aromatic carbocycles. The van der Waals surface area contributed by atoms with E-state index in [9.17, 15) is 0 Å². The van der Waals surface area contributed by atoms with Crippen LogP contribution in [0.3, 0.4) is 0 Å². The van der Waals surface area contributed by atoms with Crippen LogP contribution in [0.4, 0.5) is 5.82 Å². The van der Waals surface area contributed by atoms with Gasteiger partial charge in [0, 0.05) is 6.20 Å². The maximum Gasteiger partial charge on any atom is 0.166 e. The fourth-order valence-electron chi connectivity index (χ4n) is 1.07. The zero-order chi connectivity index (χ0) is 9.26. The smallest absolute Gasteiger partial charge is 0.166 e. The molecule has 5 nitrogen and oxygen atoms in total. The summed E-state index contributed by atoms with van der Waals surface area (Å²) in [6, 6.07) is 1.96. The Labute approximate surface area is 75.2 Å². The standard InChI is InChI=1S/C8H9N5/c1-6-2-7(4-10-3-6)13-5-8(9)11-12-13/h2-5H,9H2,1H3. The molecule has 2 heterocycles. The second-order valence-corrected chi connectivity index (χ2v) is 2.81. The largest absolute Gasteiger partial charge is 0.381 e. The molecule has 0 bridgehead atoms. The lowest BCUT2D eigenvalue weighted by atomic mass is 10.3. The van der Waals surface area contributed by atoms with Gasteiger partial charge in [0.05, 0.1) is 18.1 Å². The summed E-state index contributed by atoms with van der Waals surface area (Å²) in [5, 5.41) is 7.51. The molecule has 0 aliphatic heterocycles. The molecular formula is C8H9N5. The lowest BCUT2D eigenvalue weighted by Gasteiger charge is -1.98. The third-order valence-corrected chi connectivity index (χ3v) is 1.64. The van der Waals surface area contributed by atoms with E-state index in [0.717, 1.165) is 11.3 Å². The fraction of sp³-hybridized carbons (Fsp3) is 0.125. The third kappa shape index (κ3) is 1.48. The number of nitrogens with zero attached hydrogens (tertiary/aromatic N) is 4. The quantitative estimate of drug-likeness (QED) is 0.687. The zero-order valence-electron chi connectivity index (χ0n) is 7.18. The van der Waals surface area contributed by atoms with E-state index in [4.69, 9.17) is 5.73 Å². The van der Waals surface area contributed by atoms with Crippen LogP contribution in [0.1, 0.15) is 5.56 Å². The van der Waals surface area contributed by atoms with E-state index in [0.29, 0.717) is 5.82 Å². The maximum absolute atomic E-state index is 5.44. The molecule has 66 valence electrons. The van der Waals surface area contributed by atoms with Gasteiger partial charge in [-0.15, -0.1) is 5.10 Å². The van der Waals surface area contributed by atoms with Gasteiger partial charge in [-0.25, -0.2) is 4.68 Å². The molecule has 0 unspecified atom stereocenters. The molecule has 0 atom stereocenters. The number of nitrogens with two attached hydrogens (primary N) is 1. The molecule has 0 radical (unpaired) electrons. The van der Waals surface area contributed by atoms with Gasteiger partial charge in [0.2, 0.25) is 0 Å². The van der Waals surface area contributed by atoms with Crippen molar-refractivity contribution in [1.82, 2.24) is 20.0 Å². The van der Waals surface area contributed by atoms with Crippen LogP contribution in [0, 0.1) is 6.92 Å². The lowest BCUT2D eigenvalue weighted by molar-refractivity contribution is 0.799. The highest BCUT2D eigenvalue weighted by Gasteiger charge is 1.99. The topological polar surface area (TPSA) is 69.6 Å². The number of pyridine rings is 1. The van der Waals surface area contributed by atoms with Crippen LogP contribution in [0.25, 0.3) is 5.69 Å². The molecule has 2 aromatic rings. The van der Waals surface area contributed by atoms with Crippen molar-refractivity contribution in [2.45, 2.75) is 6.92 Å². The fourth-order valence-corrected chi connectivity index (χ4v) is 1.07. The molecule has 0 amide bonds. The predicted octanol–water partition coefficient (Wildman–Crippen LogP) is 0.553. The van der Waals surface area contributed by atoms with Crippen molar-refractivity contribution in [2.75, 3.05) is 5.73 Å². The van der Waals surface area contributed by atoms with Crippen molar-refractivity contribution in [2.24, 2.45) is 0 Å². The molecule has 0 spiro atoms. The molecule has 0 aliphatic carbocycles. The predicted molar refractivity (Wildman–Crippen MR) is 48.3 cm³/mol. The van der Waals surface area contributed by atoms with Gasteiger partial charge in [-0.05, 0) is 18.6 Å². The Kier molecular flexibility index (Phi) is 1.70. The number of aromatic nitrogens is 4. The molecule has 13 heavy (non-hydrogen) atoms. The minimum absolute atomic E-state index is 0.404. The second kappa shape index (κ2) is 2.85. The zero-order valence-corrected chi connectivity index (χ0v) is 7.18. The Morgan fingerprint density at radius 1 is 1.38 bits per heavy atom. The van der Waals surface area contributed by atoms with E-state index in [1.807, 2.05) is 13.0 Å². The first-order valence-corrected chi connectivity index (χ1v) is 3.85. The van der Waals surface area contributed by atoms with Gasteiger partial charge < -0.3 is 5.73 Å². The Morgan fingerprint density at radius 2 is 2.23 bits per heavy atom. The summed E-state index contributed by atoms with van der Waals surface area (Å²) < 4.78 is 1.59. The van der Waals surface area contributed by atoms with Crippen molar-refractivity contribution in [3.8, 4) is 5.69 Å². The highest BCUT2D eigenvalue weighted by Crippen LogP contribution is 2.07. The Hall–Kier alpha value is -1.91. The normalized spacial score (nSPS) is 10.2. The SMILES string of the molecule is Cc1cncc(-n2cc(N)nn2)c1. The van der Waals surface area contributed by atoms with E-state index < -0.39 is 0 Å². The lowest BCUT2D eigenvalue weighted by Crippen LogP contribution is -1.96. The van der Waals surface area contributed by atoms with Gasteiger partial charge in [-0.2, -0.15) is 0 Å². The van der Waals surface area contributed by atoms with Gasteiger partial charge in [-0.1, -0.05) is 5.21 Å². The van der Waals surface area contributed by atoms with E-state index in [1.165, 1.54) is 0 Å². The van der Waals surface area contributed by atoms with E-state index in [2.05, 4.69) is 15.3 Å². The minimum Gasteiger partial charge on any atom is -0.381 e. The Morgan fingerprint density at radius 3 is 2.85 bits per heavy atom. The number of hydrogen-bond acceptors (Lipinski definition) is 4. The Balaban J connectivity index is 2.46. The average Bonchev–Trinajstić information content (AvgIpc) is 2.52. The number of rotatable bonds is 1. The first-order valence-electron chi connectivity index (χ1n) is 3.85. The molecule has 2 N–H and O–H groups in total. The molecule has 0 saturated carbocycles. The minimum atomic E-state index is 0.404. The number of hydrogen-bond donors (Lipinski definition) is 1. The van der Waals surface area contributed by atoms with Crippen LogP contribution in [0.5, 0.6) is 0 Å². The summed E-state index contributed by atoms with van der Waals surface area (Å²) in [6.45, 7) is 1.97. The van der Waals surface area contributed by atoms with Gasteiger partial charge in [0.25, 0.3) is 0 Å². The van der Waals surface area contributed by atoms with Crippen molar-refractivity contribution in [3.05, 3.63) is 30.2 Å². The molecular weight excluding hydrogens is 166 g/mol. The average molecular weight is 175 g/mol. The van der Waals surface area contributed by atoms with Gasteiger partial charge in [-0.3, -0.25) is 4.98 Å². The van der Waals surface area contributed by atoms with Gasteiger partial charge in [0.1, 0.15) is 0 Å². The van der Waals surface area contributed by atoms with Crippen molar-refractivity contribution >= 4 is 5.82 Å². The van der Waals surface area contributed by atoms with Crippen LogP contribution in [-0.2, 0) is 0 Å². The molecule has 5 heteroatoms. The maximum atomic E-state index is 5.44. The van der Waals surface area contributed by atoms with E-state index in [1.54, 1.807) is 23.3 Å². The molecule has 2 rings (SSSR count). The van der Waals surface area contributed by atoms with Gasteiger partial charge in [0.15, 0.2) is 5.82 Å². The van der Waals surface area contributed by atoms with E-state index >= 15 is 0 Å². The second-order valence-electron chi connectivity index (χ2n) is 2.81. The van der Waals surface area contributed by atoms with Crippen LogP contribution in [0.15, 0.2) is 24.7 Å². The van der Waals surface area contributed by atoms with Crippen molar-refractivity contribution in [3.63, 3.8) is 0 Å². The summed E-state index contributed by atoms with van der Waals surface area (Å²) >= 11 is 0. The third-order valence-electron chi connectivity index (χ3n) is 1.64. The number of nitrogen functional groups attached to an aromatic ring is 1. The van der Waals surface area contributed by atoms with Crippen LogP contribution >= 0.6 is 0 Å². The first kappa shape index (κ1) is 7.72. The monoisotopic (exact) mass is 175 g/mol. The molecule has 2 aromatic heterocycles. The number of anilines is 1. The summed E-state index contributed by atoms with van der Waals surface area (Å²) in [4.78, 5) is 4.04. The first-order chi connectivity index (χ1) is 6.25. The van der Waals surface area contributed by atoms with Crippen LogP contribution in [-0.4, -0.2) is 20.0 Å². The summed E-state index contributed by atoms with van der Waals surface area (Å²) in [5.74, 6) is 0.404. The summed E-state index contributed by atoms with van der Waals surface area (Å²) in [5.41, 5.74) is 7.38. The van der Waals surface area contributed by atoms with Crippen LogP contribution in [0.2, 0.25) is 0 Å². The molecule has 0 aliphatic rings. The molecule has 0 fully saturated rings. The summed E-state index contributed by atoms with van der Waals surface area (Å²) in [7, 11) is 0. The van der Waals surface area contributed by atoms with E-state index in [-0.39, 0.29) is 0 Å². The summed E-state index contributed by atoms with van der Waals surface area (Å²) in [6.07, 6.45) is 5.14.